The fourth-order valence-corrected chi connectivity index (χ4v) is 2.28. The lowest BCUT2D eigenvalue weighted by Gasteiger charge is -2.16. The summed E-state index contributed by atoms with van der Waals surface area (Å²) < 4.78 is 24.8. The topological polar surface area (TPSA) is 30.5 Å². The average Bonchev–Trinajstić information content (AvgIpc) is 2.73. The molecule has 0 aromatic heterocycles. The van der Waals surface area contributed by atoms with Gasteiger partial charge >= 0.3 is 0 Å². The Bertz CT molecular complexity index is 682. The van der Waals surface area contributed by atoms with E-state index in [1.54, 1.807) is 19.1 Å². The Labute approximate surface area is 123 Å². The molecular weight excluding hydrogens is 269 g/mol. The summed E-state index contributed by atoms with van der Waals surface area (Å²) in [5, 5.41) is 3.26. The third kappa shape index (κ3) is 2.94. The van der Waals surface area contributed by atoms with Gasteiger partial charge in [-0.2, -0.15) is 0 Å². The lowest BCUT2D eigenvalue weighted by atomic mass is 10.1. The number of aryl methyl sites for hydroxylation is 1. The minimum Gasteiger partial charge on any atom is -0.449 e. The lowest BCUT2D eigenvalue weighted by molar-refractivity contribution is -0.0431. The molecule has 1 aliphatic rings. The van der Waals surface area contributed by atoms with Crippen molar-refractivity contribution in [2.24, 2.45) is 0 Å². The van der Waals surface area contributed by atoms with Gasteiger partial charge in [0, 0.05) is 32.1 Å². The maximum atomic E-state index is 13.5. The predicted molar refractivity (Wildman–Crippen MR) is 80.2 cm³/mol. The quantitative estimate of drug-likeness (QED) is 0.915. The molecule has 2 aromatic rings. The van der Waals surface area contributed by atoms with Crippen LogP contribution in [0.3, 0.4) is 0 Å². The van der Waals surface area contributed by atoms with E-state index in [0.29, 0.717) is 12.1 Å². The van der Waals surface area contributed by atoms with E-state index in [4.69, 9.17) is 9.47 Å². The van der Waals surface area contributed by atoms with Crippen molar-refractivity contribution in [3.63, 3.8) is 0 Å². The highest BCUT2D eigenvalue weighted by atomic mass is 19.1. The van der Waals surface area contributed by atoms with Gasteiger partial charge in [-0.1, -0.05) is 12.1 Å². The Kier molecular flexibility index (Phi) is 3.24. The third-order valence-corrected chi connectivity index (χ3v) is 3.39. The molecule has 0 radical (unpaired) electrons. The van der Waals surface area contributed by atoms with E-state index in [-0.39, 0.29) is 5.82 Å². The molecule has 0 amide bonds. The van der Waals surface area contributed by atoms with Crippen LogP contribution in [0.5, 0.6) is 11.5 Å². The van der Waals surface area contributed by atoms with Gasteiger partial charge in [-0.15, -0.1) is 0 Å². The number of anilines is 1. The van der Waals surface area contributed by atoms with Crippen molar-refractivity contribution in [1.82, 2.24) is 0 Å². The SMILES string of the molecule is Cc1ccc(CNc2ccc3c(c2)OC(C)(C)O3)cc1F. The van der Waals surface area contributed by atoms with Gasteiger partial charge < -0.3 is 14.8 Å². The molecule has 2 aromatic carbocycles. The second kappa shape index (κ2) is 4.95. The van der Waals surface area contributed by atoms with Gasteiger partial charge in [-0.3, -0.25) is 0 Å². The molecular formula is C17H18FNO2. The molecule has 1 heterocycles. The van der Waals surface area contributed by atoms with Gasteiger partial charge in [0.1, 0.15) is 5.82 Å². The molecule has 0 unspecified atom stereocenters. The molecule has 0 fully saturated rings. The summed E-state index contributed by atoms with van der Waals surface area (Å²) in [5.41, 5.74) is 2.47. The van der Waals surface area contributed by atoms with Crippen LogP contribution in [0.4, 0.5) is 10.1 Å². The number of ether oxygens (including phenoxy) is 2. The van der Waals surface area contributed by atoms with Crippen LogP contribution in [0.25, 0.3) is 0 Å². The van der Waals surface area contributed by atoms with Gasteiger partial charge in [0.25, 0.3) is 0 Å². The average molecular weight is 287 g/mol. The van der Waals surface area contributed by atoms with Crippen molar-refractivity contribution in [3.05, 3.63) is 53.3 Å². The van der Waals surface area contributed by atoms with Crippen molar-refractivity contribution in [1.29, 1.82) is 0 Å². The molecule has 0 aliphatic carbocycles. The second-order valence-corrected chi connectivity index (χ2v) is 5.70. The summed E-state index contributed by atoms with van der Waals surface area (Å²) in [6.45, 7) is 6.05. The zero-order valence-corrected chi connectivity index (χ0v) is 12.4. The van der Waals surface area contributed by atoms with Crippen LogP contribution in [0.15, 0.2) is 36.4 Å². The Morgan fingerprint density at radius 2 is 1.81 bits per heavy atom. The Morgan fingerprint density at radius 3 is 2.57 bits per heavy atom. The van der Waals surface area contributed by atoms with E-state index < -0.39 is 5.79 Å². The minimum absolute atomic E-state index is 0.179. The maximum absolute atomic E-state index is 13.5. The van der Waals surface area contributed by atoms with Crippen LogP contribution in [0.2, 0.25) is 0 Å². The highest BCUT2D eigenvalue weighted by molar-refractivity contribution is 5.56. The third-order valence-electron chi connectivity index (χ3n) is 3.39. The summed E-state index contributed by atoms with van der Waals surface area (Å²) in [7, 11) is 0. The van der Waals surface area contributed by atoms with E-state index >= 15 is 0 Å². The molecule has 0 bridgehead atoms. The Hall–Kier alpha value is -2.23. The van der Waals surface area contributed by atoms with E-state index in [1.807, 2.05) is 38.1 Å². The summed E-state index contributed by atoms with van der Waals surface area (Å²) in [6.07, 6.45) is 0. The van der Waals surface area contributed by atoms with Crippen LogP contribution in [0.1, 0.15) is 25.0 Å². The number of rotatable bonds is 3. The zero-order chi connectivity index (χ0) is 15.0. The Balaban J connectivity index is 1.71. The molecule has 110 valence electrons. The normalized spacial score (nSPS) is 15.0. The first-order valence-electron chi connectivity index (χ1n) is 6.94. The standard InChI is InChI=1S/C17H18FNO2/c1-11-4-5-12(8-14(11)18)10-19-13-6-7-15-16(9-13)21-17(2,3)20-15/h4-9,19H,10H2,1-3H3. The van der Waals surface area contributed by atoms with Crippen LogP contribution >= 0.6 is 0 Å². The molecule has 1 aliphatic heterocycles. The molecule has 1 N–H and O–H groups in total. The molecule has 3 rings (SSSR count). The molecule has 4 heteroatoms. The van der Waals surface area contributed by atoms with Crippen molar-refractivity contribution >= 4 is 5.69 Å². The first-order chi connectivity index (χ1) is 9.93. The molecule has 3 nitrogen and oxygen atoms in total. The van der Waals surface area contributed by atoms with Crippen LogP contribution in [0, 0.1) is 12.7 Å². The zero-order valence-electron chi connectivity index (χ0n) is 12.4. The fraction of sp³-hybridized carbons (Fsp3) is 0.294. The van der Waals surface area contributed by atoms with E-state index in [2.05, 4.69) is 5.32 Å². The number of nitrogens with one attached hydrogen (secondary N) is 1. The highest BCUT2D eigenvalue weighted by Gasteiger charge is 2.31. The highest BCUT2D eigenvalue weighted by Crippen LogP contribution is 2.40. The lowest BCUT2D eigenvalue weighted by Crippen LogP contribution is -2.29. The Morgan fingerprint density at radius 1 is 1.05 bits per heavy atom. The predicted octanol–water partition coefficient (Wildman–Crippen LogP) is 4.25. The molecule has 0 spiro atoms. The molecule has 0 atom stereocenters. The molecule has 21 heavy (non-hydrogen) atoms. The number of benzene rings is 2. The smallest absolute Gasteiger partial charge is 0.246 e. The number of fused-ring (bicyclic) bond motifs is 1. The van der Waals surface area contributed by atoms with Gasteiger partial charge in [0.05, 0.1) is 0 Å². The minimum atomic E-state index is -0.624. The van der Waals surface area contributed by atoms with Crippen LogP contribution < -0.4 is 14.8 Å². The summed E-state index contributed by atoms with van der Waals surface area (Å²) in [4.78, 5) is 0. The molecule has 0 saturated heterocycles. The van der Waals surface area contributed by atoms with Crippen molar-refractivity contribution in [2.75, 3.05) is 5.32 Å². The summed E-state index contributed by atoms with van der Waals surface area (Å²) in [6, 6.07) is 11.0. The van der Waals surface area contributed by atoms with E-state index in [1.165, 1.54) is 0 Å². The van der Waals surface area contributed by atoms with Crippen LogP contribution in [-0.2, 0) is 6.54 Å². The van der Waals surface area contributed by atoms with Crippen molar-refractivity contribution < 1.29 is 13.9 Å². The maximum Gasteiger partial charge on any atom is 0.246 e. The van der Waals surface area contributed by atoms with Gasteiger partial charge in [-0.05, 0) is 36.2 Å². The summed E-state index contributed by atoms with van der Waals surface area (Å²) in [5.74, 6) is 0.662. The van der Waals surface area contributed by atoms with Crippen molar-refractivity contribution in [2.45, 2.75) is 33.1 Å². The number of hydrogen-bond donors (Lipinski definition) is 1. The first-order valence-corrected chi connectivity index (χ1v) is 6.94. The summed E-state index contributed by atoms with van der Waals surface area (Å²) >= 11 is 0. The van der Waals surface area contributed by atoms with Gasteiger partial charge in [-0.25, -0.2) is 4.39 Å². The number of hydrogen-bond acceptors (Lipinski definition) is 3. The molecule has 0 saturated carbocycles. The van der Waals surface area contributed by atoms with Gasteiger partial charge in [0.15, 0.2) is 11.5 Å². The second-order valence-electron chi connectivity index (χ2n) is 5.70. The number of halogens is 1. The fourth-order valence-electron chi connectivity index (χ4n) is 2.28. The monoisotopic (exact) mass is 287 g/mol. The van der Waals surface area contributed by atoms with Crippen molar-refractivity contribution in [3.8, 4) is 11.5 Å². The van der Waals surface area contributed by atoms with E-state index in [9.17, 15) is 4.39 Å². The largest absolute Gasteiger partial charge is 0.449 e. The van der Waals surface area contributed by atoms with Crippen LogP contribution in [-0.4, -0.2) is 5.79 Å². The van der Waals surface area contributed by atoms with Gasteiger partial charge in [0.2, 0.25) is 5.79 Å². The van der Waals surface area contributed by atoms with E-state index in [0.717, 1.165) is 22.7 Å². The first kappa shape index (κ1) is 13.7.